The fraction of sp³-hybridized carbons (Fsp3) is 0.250. The van der Waals surface area contributed by atoms with Crippen molar-refractivity contribution in [2.75, 3.05) is 26.3 Å². The van der Waals surface area contributed by atoms with Crippen molar-refractivity contribution in [1.29, 1.82) is 0 Å². The van der Waals surface area contributed by atoms with E-state index in [1.165, 1.54) is 6.08 Å². The van der Waals surface area contributed by atoms with E-state index in [0.717, 1.165) is 10.9 Å². The zero-order chi connectivity index (χ0) is 14.7. The van der Waals surface area contributed by atoms with Crippen molar-refractivity contribution in [3.05, 3.63) is 52.3 Å². The highest BCUT2D eigenvalue weighted by molar-refractivity contribution is 5.92. The van der Waals surface area contributed by atoms with E-state index in [4.69, 9.17) is 4.74 Å². The molecule has 3 rings (SSSR count). The number of H-pyrrole nitrogens is 1. The second-order valence-electron chi connectivity index (χ2n) is 4.91. The molecule has 5 heteroatoms. The Morgan fingerprint density at radius 1 is 1.24 bits per heavy atom. The van der Waals surface area contributed by atoms with E-state index >= 15 is 0 Å². The van der Waals surface area contributed by atoms with E-state index in [2.05, 4.69) is 4.98 Å². The number of aromatic nitrogens is 1. The maximum atomic E-state index is 12.0. The highest BCUT2D eigenvalue weighted by Crippen LogP contribution is 2.11. The number of aromatic amines is 1. The summed E-state index contributed by atoms with van der Waals surface area (Å²) < 4.78 is 5.21. The van der Waals surface area contributed by atoms with Crippen LogP contribution in [0.3, 0.4) is 0 Å². The lowest BCUT2D eigenvalue weighted by molar-refractivity contribution is -0.129. The van der Waals surface area contributed by atoms with E-state index in [1.54, 1.807) is 17.0 Å². The van der Waals surface area contributed by atoms with Gasteiger partial charge in [0, 0.05) is 30.2 Å². The minimum absolute atomic E-state index is 0.0918. The molecule has 1 aliphatic rings. The molecule has 1 N–H and O–H groups in total. The van der Waals surface area contributed by atoms with Crippen LogP contribution in [0.25, 0.3) is 17.0 Å². The van der Waals surface area contributed by atoms with Gasteiger partial charge in [0.1, 0.15) is 0 Å². The van der Waals surface area contributed by atoms with Crippen molar-refractivity contribution in [2.24, 2.45) is 0 Å². The molecule has 0 atom stereocenters. The number of fused-ring (bicyclic) bond motifs is 1. The van der Waals surface area contributed by atoms with Crippen LogP contribution in [0.1, 0.15) is 5.56 Å². The summed E-state index contributed by atoms with van der Waals surface area (Å²) in [6, 6.07) is 9.34. The summed E-state index contributed by atoms with van der Waals surface area (Å²) in [5, 5.41) is 0.940. The Kier molecular flexibility index (Phi) is 3.83. The van der Waals surface area contributed by atoms with E-state index in [1.807, 2.05) is 24.3 Å². The lowest BCUT2D eigenvalue weighted by Gasteiger charge is -2.25. The van der Waals surface area contributed by atoms with Crippen LogP contribution in [0.15, 0.2) is 41.2 Å². The van der Waals surface area contributed by atoms with E-state index in [-0.39, 0.29) is 11.5 Å². The number of carbonyl (C=O) groups is 1. The summed E-state index contributed by atoms with van der Waals surface area (Å²) in [4.78, 5) is 28.5. The van der Waals surface area contributed by atoms with Crippen LogP contribution in [0.5, 0.6) is 0 Å². The number of morpholine rings is 1. The van der Waals surface area contributed by atoms with Gasteiger partial charge >= 0.3 is 0 Å². The minimum Gasteiger partial charge on any atom is -0.378 e. The first-order valence-corrected chi connectivity index (χ1v) is 6.91. The van der Waals surface area contributed by atoms with Crippen molar-refractivity contribution in [1.82, 2.24) is 9.88 Å². The largest absolute Gasteiger partial charge is 0.378 e. The molecule has 21 heavy (non-hydrogen) atoms. The van der Waals surface area contributed by atoms with Crippen molar-refractivity contribution >= 4 is 22.9 Å². The van der Waals surface area contributed by atoms with E-state index < -0.39 is 0 Å². The van der Waals surface area contributed by atoms with Gasteiger partial charge in [0.25, 0.3) is 5.56 Å². The standard InChI is InChI=1S/C16H16N2O3/c19-15(18-7-9-21-10-8-18)6-5-13-11-12-3-1-2-4-14(12)17-16(13)20/h1-6,11H,7-10H2,(H,17,20)/b6-5+. The molecule has 0 bridgehead atoms. The van der Waals surface area contributed by atoms with Crippen molar-refractivity contribution in [3.63, 3.8) is 0 Å². The molecule has 2 heterocycles. The Morgan fingerprint density at radius 3 is 2.81 bits per heavy atom. The van der Waals surface area contributed by atoms with Gasteiger partial charge in [-0.2, -0.15) is 0 Å². The zero-order valence-corrected chi connectivity index (χ0v) is 11.5. The Balaban J connectivity index is 1.83. The van der Waals surface area contributed by atoms with Gasteiger partial charge in [-0.15, -0.1) is 0 Å². The van der Waals surface area contributed by atoms with E-state index in [0.29, 0.717) is 31.9 Å². The normalized spacial score (nSPS) is 15.7. The molecule has 2 aromatic rings. The lowest BCUT2D eigenvalue weighted by Crippen LogP contribution is -2.39. The summed E-state index contributed by atoms with van der Waals surface area (Å²) in [6.07, 6.45) is 3.02. The molecule has 1 amide bonds. The van der Waals surface area contributed by atoms with Gasteiger partial charge in [-0.25, -0.2) is 0 Å². The third-order valence-electron chi connectivity index (χ3n) is 3.51. The van der Waals surface area contributed by atoms with Crippen LogP contribution in [0, 0.1) is 0 Å². The number of nitrogens with zero attached hydrogens (tertiary/aromatic N) is 1. The van der Waals surface area contributed by atoms with Crippen molar-refractivity contribution < 1.29 is 9.53 Å². The number of hydrogen-bond acceptors (Lipinski definition) is 3. The van der Waals surface area contributed by atoms with Crippen LogP contribution < -0.4 is 5.56 Å². The van der Waals surface area contributed by atoms with Gasteiger partial charge in [-0.3, -0.25) is 9.59 Å². The van der Waals surface area contributed by atoms with Crippen LogP contribution in [0.2, 0.25) is 0 Å². The van der Waals surface area contributed by atoms with Gasteiger partial charge in [0.05, 0.1) is 13.2 Å². The number of benzene rings is 1. The van der Waals surface area contributed by atoms with Crippen LogP contribution in [-0.4, -0.2) is 42.1 Å². The molecule has 1 aliphatic heterocycles. The van der Waals surface area contributed by atoms with Gasteiger partial charge in [-0.05, 0) is 23.6 Å². The summed E-state index contributed by atoms with van der Waals surface area (Å²) >= 11 is 0. The van der Waals surface area contributed by atoms with Gasteiger partial charge in [0.2, 0.25) is 5.91 Å². The first-order valence-electron chi connectivity index (χ1n) is 6.91. The van der Waals surface area contributed by atoms with Gasteiger partial charge in [-0.1, -0.05) is 18.2 Å². The Hall–Kier alpha value is -2.40. The number of amides is 1. The second-order valence-corrected chi connectivity index (χ2v) is 4.91. The van der Waals surface area contributed by atoms with Crippen molar-refractivity contribution in [3.8, 4) is 0 Å². The van der Waals surface area contributed by atoms with Crippen LogP contribution in [-0.2, 0) is 9.53 Å². The maximum absolute atomic E-state index is 12.0. The smallest absolute Gasteiger partial charge is 0.255 e. The predicted molar refractivity (Wildman–Crippen MR) is 81.0 cm³/mol. The molecule has 5 nitrogen and oxygen atoms in total. The minimum atomic E-state index is -0.195. The first kappa shape index (κ1) is 13.6. The number of carbonyl (C=O) groups excluding carboxylic acids is 1. The topological polar surface area (TPSA) is 62.4 Å². The van der Waals surface area contributed by atoms with Crippen LogP contribution >= 0.6 is 0 Å². The third kappa shape index (κ3) is 3.03. The average Bonchev–Trinajstić information content (AvgIpc) is 2.53. The van der Waals surface area contributed by atoms with Gasteiger partial charge in [0.15, 0.2) is 0 Å². The average molecular weight is 284 g/mol. The monoisotopic (exact) mass is 284 g/mol. The summed E-state index contributed by atoms with van der Waals surface area (Å²) in [6.45, 7) is 2.32. The Morgan fingerprint density at radius 2 is 2.00 bits per heavy atom. The number of hydrogen-bond donors (Lipinski definition) is 1. The number of nitrogens with one attached hydrogen (secondary N) is 1. The molecule has 0 saturated carbocycles. The molecular weight excluding hydrogens is 268 g/mol. The molecule has 0 spiro atoms. The highest BCUT2D eigenvalue weighted by Gasteiger charge is 2.14. The molecule has 1 aromatic carbocycles. The maximum Gasteiger partial charge on any atom is 0.255 e. The van der Waals surface area contributed by atoms with Gasteiger partial charge < -0.3 is 14.6 Å². The zero-order valence-electron chi connectivity index (χ0n) is 11.5. The quantitative estimate of drug-likeness (QED) is 0.848. The SMILES string of the molecule is O=C(/C=C/c1cc2ccccc2[nH]c1=O)N1CCOCC1. The number of rotatable bonds is 2. The Labute approximate surface area is 121 Å². The van der Waals surface area contributed by atoms with Crippen LogP contribution in [0.4, 0.5) is 0 Å². The highest BCUT2D eigenvalue weighted by atomic mass is 16.5. The molecule has 108 valence electrons. The molecule has 0 aliphatic carbocycles. The predicted octanol–water partition coefficient (Wildman–Crippen LogP) is 1.40. The van der Waals surface area contributed by atoms with E-state index in [9.17, 15) is 9.59 Å². The second kappa shape index (κ2) is 5.93. The molecule has 0 unspecified atom stereocenters. The number of para-hydroxylation sites is 1. The molecule has 1 aromatic heterocycles. The fourth-order valence-corrected chi connectivity index (χ4v) is 2.34. The fourth-order valence-electron chi connectivity index (χ4n) is 2.34. The number of pyridine rings is 1. The molecular formula is C16H16N2O3. The first-order chi connectivity index (χ1) is 10.2. The molecule has 0 radical (unpaired) electrons. The third-order valence-corrected chi connectivity index (χ3v) is 3.51. The lowest BCUT2D eigenvalue weighted by atomic mass is 10.1. The summed E-state index contributed by atoms with van der Waals surface area (Å²) in [5.74, 6) is -0.0918. The number of ether oxygens (including phenoxy) is 1. The summed E-state index contributed by atoms with van der Waals surface area (Å²) in [5.41, 5.74) is 1.08. The van der Waals surface area contributed by atoms with Crippen molar-refractivity contribution in [2.45, 2.75) is 0 Å². The molecule has 1 saturated heterocycles. The summed E-state index contributed by atoms with van der Waals surface area (Å²) in [7, 11) is 0. The molecule has 1 fully saturated rings. The Bertz CT molecular complexity index is 743.